The van der Waals surface area contributed by atoms with E-state index in [-0.39, 0.29) is 11.9 Å². The smallest absolute Gasteiger partial charge is 0.253 e. The number of ether oxygens (including phenoxy) is 1. The first-order valence-corrected chi connectivity index (χ1v) is 8.54. The number of rotatable bonds is 3. The van der Waals surface area contributed by atoms with Crippen LogP contribution in [0.3, 0.4) is 0 Å². The summed E-state index contributed by atoms with van der Waals surface area (Å²) in [5, 5.41) is 3.20. The summed E-state index contributed by atoms with van der Waals surface area (Å²) < 4.78 is 7.55. The van der Waals surface area contributed by atoms with Crippen LogP contribution < -0.4 is 10.2 Å². The van der Waals surface area contributed by atoms with E-state index in [1.165, 1.54) is 0 Å². The number of nitrogens with one attached hydrogen (secondary N) is 1. The van der Waals surface area contributed by atoms with Crippen LogP contribution in [0.25, 0.3) is 0 Å². The Morgan fingerprint density at radius 1 is 1.25 bits per heavy atom. The maximum absolute atomic E-state index is 12.8. The zero-order valence-corrected chi connectivity index (χ0v) is 13.6. The van der Waals surface area contributed by atoms with E-state index in [0.29, 0.717) is 13.2 Å². The number of amides is 1. The van der Waals surface area contributed by atoms with Crippen LogP contribution in [0.5, 0.6) is 0 Å². The summed E-state index contributed by atoms with van der Waals surface area (Å²) in [5.41, 5.74) is 1.74. The molecule has 1 fully saturated rings. The predicted octanol–water partition coefficient (Wildman–Crippen LogP) is 1.46. The van der Waals surface area contributed by atoms with Gasteiger partial charge in [0.05, 0.1) is 18.8 Å². The van der Waals surface area contributed by atoms with Crippen molar-refractivity contribution in [2.75, 3.05) is 31.2 Å². The van der Waals surface area contributed by atoms with Crippen molar-refractivity contribution in [3.8, 4) is 0 Å². The Kier molecular flexibility index (Phi) is 4.21. The van der Waals surface area contributed by atoms with E-state index in [0.717, 1.165) is 49.6 Å². The van der Waals surface area contributed by atoms with Crippen molar-refractivity contribution >= 4 is 11.6 Å². The molecule has 0 saturated carbocycles. The third-order valence-electron chi connectivity index (χ3n) is 4.77. The molecule has 6 heteroatoms. The lowest BCUT2D eigenvalue weighted by molar-refractivity contribution is 0.0926. The second-order valence-electron chi connectivity index (χ2n) is 6.32. The fourth-order valence-corrected chi connectivity index (χ4v) is 3.49. The molecule has 4 rings (SSSR count). The van der Waals surface area contributed by atoms with Gasteiger partial charge in [-0.1, -0.05) is 12.1 Å². The summed E-state index contributed by atoms with van der Waals surface area (Å²) in [6.07, 6.45) is 5.65. The Bertz CT molecular complexity index is 721. The summed E-state index contributed by atoms with van der Waals surface area (Å²) in [6, 6.07) is 7.99. The lowest BCUT2D eigenvalue weighted by atomic mass is 10.1. The Morgan fingerprint density at radius 3 is 2.96 bits per heavy atom. The van der Waals surface area contributed by atoms with Gasteiger partial charge >= 0.3 is 0 Å². The standard InChI is InChI=1S/C18H22N4O2/c23-18(20-14-5-6-17-19-7-8-22(17)13-14)15-3-1-2-4-16(15)21-9-11-24-12-10-21/h1-4,7-8,14H,5-6,9-13H2,(H,20,23). The Labute approximate surface area is 141 Å². The van der Waals surface area contributed by atoms with Crippen LogP contribution in [0.15, 0.2) is 36.7 Å². The highest BCUT2D eigenvalue weighted by atomic mass is 16.5. The number of hydrogen-bond acceptors (Lipinski definition) is 4. The number of nitrogens with zero attached hydrogens (tertiary/aromatic N) is 3. The summed E-state index contributed by atoms with van der Waals surface area (Å²) in [4.78, 5) is 19.4. The maximum Gasteiger partial charge on any atom is 0.253 e. The topological polar surface area (TPSA) is 59.4 Å². The molecule has 24 heavy (non-hydrogen) atoms. The Balaban J connectivity index is 1.49. The SMILES string of the molecule is O=C(NC1CCc2nccn2C1)c1ccccc1N1CCOCC1. The molecular formula is C18H22N4O2. The molecule has 3 heterocycles. The van der Waals surface area contributed by atoms with E-state index in [4.69, 9.17) is 4.74 Å². The number of benzene rings is 1. The second kappa shape index (κ2) is 6.65. The highest BCUT2D eigenvalue weighted by Gasteiger charge is 2.23. The number of fused-ring (bicyclic) bond motifs is 1. The third kappa shape index (κ3) is 3.01. The fraction of sp³-hybridized carbons (Fsp3) is 0.444. The molecule has 2 aromatic rings. The second-order valence-corrected chi connectivity index (χ2v) is 6.32. The van der Waals surface area contributed by atoms with Crippen molar-refractivity contribution in [1.82, 2.24) is 14.9 Å². The van der Waals surface area contributed by atoms with Gasteiger partial charge in [0.1, 0.15) is 5.82 Å². The van der Waals surface area contributed by atoms with Crippen molar-refractivity contribution in [3.05, 3.63) is 48.0 Å². The fourth-order valence-electron chi connectivity index (χ4n) is 3.49. The van der Waals surface area contributed by atoms with Crippen LogP contribution in [0.1, 0.15) is 22.6 Å². The molecule has 0 bridgehead atoms. The molecule has 2 aliphatic heterocycles. The monoisotopic (exact) mass is 326 g/mol. The van der Waals surface area contributed by atoms with Crippen molar-refractivity contribution in [1.29, 1.82) is 0 Å². The molecule has 1 aromatic carbocycles. The van der Waals surface area contributed by atoms with Crippen LogP contribution in [-0.4, -0.2) is 47.8 Å². The minimum Gasteiger partial charge on any atom is -0.378 e. The van der Waals surface area contributed by atoms with Gasteiger partial charge in [-0.25, -0.2) is 4.98 Å². The number of anilines is 1. The molecule has 6 nitrogen and oxygen atoms in total. The Hall–Kier alpha value is -2.34. The molecule has 0 radical (unpaired) electrons. The summed E-state index contributed by atoms with van der Waals surface area (Å²) in [5.74, 6) is 1.11. The summed E-state index contributed by atoms with van der Waals surface area (Å²) in [6.45, 7) is 3.86. The van der Waals surface area contributed by atoms with Crippen molar-refractivity contribution in [2.24, 2.45) is 0 Å². The first-order valence-electron chi connectivity index (χ1n) is 8.54. The van der Waals surface area contributed by atoms with Gasteiger partial charge in [-0.3, -0.25) is 4.79 Å². The van der Waals surface area contributed by atoms with Crippen LogP contribution in [0, 0.1) is 0 Å². The Morgan fingerprint density at radius 2 is 2.08 bits per heavy atom. The minimum absolute atomic E-state index is 0.00524. The van der Waals surface area contributed by atoms with Gasteiger partial charge in [-0.05, 0) is 18.6 Å². The normalized spacial score (nSPS) is 20.5. The molecule has 1 atom stereocenters. The highest BCUT2D eigenvalue weighted by molar-refractivity contribution is 6.00. The third-order valence-corrected chi connectivity index (χ3v) is 4.77. The highest BCUT2D eigenvalue weighted by Crippen LogP contribution is 2.22. The van der Waals surface area contributed by atoms with Gasteiger partial charge < -0.3 is 19.5 Å². The number of aryl methyl sites for hydroxylation is 1. The molecule has 1 aromatic heterocycles. The number of morpholine rings is 1. The van der Waals surface area contributed by atoms with Crippen LogP contribution in [0.2, 0.25) is 0 Å². The number of imidazole rings is 1. The van der Waals surface area contributed by atoms with Crippen LogP contribution in [-0.2, 0) is 17.7 Å². The van der Waals surface area contributed by atoms with E-state index in [2.05, 4.69) is 19.8 Å². The molecule has 126 valence electrons. The first kappa shape index (κ1) is 15.2. The molecule has 1 N–H and O–H groups in total. The van der Waals surface area contributed by atoms with E-state index in [9.17, 15) is 4.79 Å². The molecule has 0 spiro atoms. The zero-order chi connectivity index (χ0) is 16.4. The van der Waals surface area contributed by atoms with E-state index in [1.54, 1.807) is 0 Å². The molecule has 1 amide bonds. The number of carbonyl (C=O) groups is 1. The van der Waals surface area contributed by atoms with Gasteiger partial charge in [-0.15, -0.1) is 0 Å². The quantitative estimate of drug-likeness (QED) is 0.928. The van der Waals surface area contributed by atoms with Crippen molar-refractivity contribution in [3.63, 3.8) is 0 Å². The van der Waals surface area contributed by atoms with Gasteiger partial charge in [0.2, 0.25) is 0 Å². The van der Waals surface area contributed by atoms with Gasteiger partial charge in [-0.2, -0.15) is 0 Å². The van der Waals surface area contributed by atoms with Crippen LogP contribution >= 0.6 is 0 Å². The first-order chi connectivity index (χ1) is 11.8. The molecular weight excluding hydrogens is 304 g/mol. The van der Waals surface area contributed by atoms with Crippen molar-refractivity contribution in [2.45, 2.75) is 25.4 Å². The molecule has 1 saturated heterocycles. The van der Waals surface area contributed by atoms with Gasteiger partial charge in [0.15, 0.2) is 0 Å². The van der Waals surface area contributed by atoms with Gasteiger partial charge in [0.25, 0.3) is 5.91 Å². The maximum atomic E-state index is 12.8. The summed E-state index contributed by atoms with van der Waals surface area (Å²) >= 11 is 0. The average molecular weight is 326 g/mol. The number of para-hydroxylation sites is 1. The predicted molar refractivity (Wildman–Crippen MR) is 91.3 cm³/mol. The molecule has 0 aliphatic carbocycles. The lowest BCUT2D eigenvalue weighted by Crippen LogP contribution is -2.42. The number of carbonyl (C=O) groups excluding carboxylic acids is 1. The lowest BCUT2D eigenvalue weighted by Gasteiger charge is -2.31. The van der Waals surface area contributed by atoms with Crippen molar-refractivity contribution < 1.29 is 9.53 Å². The van der Waals surface area contributed by atoms with Crippen LogP contribution in [0.4, 0.5) is 5.69 Å². The summed E-state index contributed by atoms with van der Waals surface area (Å²) in [7, 11) is 0. The largest absolute Gasteiger partial charge is 0.378 e. The minimum atomic E-state index is 0.00524. The number of hydrogen-bond donors (Lipinski definition) is 1. The van der Waals surface area contributed by atoms with E-state index >= 15 is 0 Å². The van der Waals surface area contributed by atoms with Gasteiger partial charge in [0, 0.05) is 50.2 Å². The molecule has 1 unspecified atom stereocenters. The number of aromatic nitrogens is 2. The average Bonchev–Trinajstić information content (AvgIpc) is 3.10. The zero-order valence-electron chi connectivity index (χ0n) is 13.6. The van der Waals surface area contributed by atoms with E-state index < -0.39 is 0 Å². The van der Waals surface area contributed by atoms with E-state index in [1.807, 2.05) is 36.7 Å². The molecule has 2 aliphatic rings.